The fourth-order valence-electron chi connectivity index (χ4n) is 2.91. The summed E-state index contributed by atoms with van der Waals surface area (Å²) in [5.41, 5.74) is 0.750. The van der Waals surface area contributed by atoms with Crippen LogP contribution in [0.15, 0.2) is 24.3 Å². The molecular formula is C21H34N4O2. The molecule has 0 aliphatic carbocycles. The first kappa shape index (κ1) is 21.2. The van der Waals surface area contributed by atoms with E-state index < -0.39 is 5.41 Å². The van der Waals surface area contributed by atoms with Crippen LogP contribution in [0.1, 0.15) is 34.1 Å². The molecule has 1 aliphatic heterocycles. The number of carbonyl (C=O) groups is 2. The summed E-state index contributed by atoms with van der Waals surface area (Å²) in [6.07, 6.45) is 0.900. The Morgan fingerprint density at radius 2 is 1.63 bits per heavy atom. The molecule has 1 fully saturated rings. The van der Waals surface area contributed by atoms with Gasteiger partial charge in [-0.15, -0.1) is 0 Å². The van der Waals surface area contributed by atoms with Crippen molar-refractivity contribution in [1.29, 1.82) is 0 Å². The second-order valence-electron chi connectivity index (χ2n) is 8.35. The largest absolute Gasteiger partial charge is 0.369 e. The van der Waals surface area contributed by atoms with Crippen molar-refractivity contribution in [2.45, 2.75) is 34.1 Å². The molecule has 0 spiro atoms. The maximum atomic E-state index is 12.6. The highest BCUT2D eigenvalue weighted by molar-refractivity contribution is 6.09. The van der Waals surface area contributed by atoms with Crippen LogP contribution >= 0.6 is 0 Å². The Hall–Kier alpha value is -2.08. The minimum absolute atomic E-state index is 0.241. The van der Waals surface area contributed by atoms with Crippen LogP contribution < -0.4 is 15.5 Å². The second kappa shape index (κ2) is 9.22. The van der Waals surface area contributed by atoms with Gasteiger partial charge in [-0.3, -0.25) is 9.59 Å². The summed E-state index contributed by atoms with van der Waals surface area (Å²) in [7, 11) is 2.14. The molecular weight excluding hydrogens is 340 g/mol. The lowest BCUT2D eigenvalue weighted by atomic mass is 9.90. The highest BCUT2D eigenvalue weighted by atomic mass is 16.2. The Kier molecular flexibility index (Phi) is 7.25. The lowest BCUT2D eigenvalue weighted by Crippen LogP contribution is -2.45. The first-order chi connectivity index (χ1) is 12.7. The minimum atomic E-state index is -1.12. The summed E-state index contributed by atoms with van der Waals surface area (Å²) in [5, 5.41) is 5.74. The third-order valence-electron chi connectivity index (χ3n) is 5.14. The van der Waals surface area contributed by atoms with E-state index in [0.29, 0.717) is 18.2 Å². The smallest absolute Gasteiger partial charge is 0.239 e. The number of hydrogen-bond donors (Lipinski definition) is 2. The van der Waals surface area contributed by atoms with Gasteiger partial charge in [-0.25, -0.2) is 0 Å². The van der Waals surface area contributed by atoms with Crippen molar-refractivity contribution in [3.8, 4) is 0 Å². The Morgan fingerprint density at radius 3 is 2.19 bits per heavy atom. The van der Waals surface area contributed by atoms with Crippen molar-refractivity contribution in [3.05, 3.63) is 24.3 Å². The molecule has 150 valence electrons. The summed E-state index contributed by atoms with van der Waals surface area (Å²) >= 11 is 0. The first-order valence-corrected chi connectivity index (χ1v) is 9.83. The van der Waals surface area contributed by atoms with E-state index >= 15 is 0 Å². The zero-order valence-corrected chi connectivity index (χ0v) is 17.3. The van der Waals surface area contributed by atoms with E-state index in [1.807, 2.05) is 24.3 Å². The molecule has 1 heterocycles. The van der Waals surface area contributed by atoms with E-state index in [1.165, 1.54) is 0 Å². The fourth-order valence-corrected chi connectivity index (χ4v) is 2.91. The number of hydrogen-bond acceptors (Lipinski definition) is 4. The van der Waals surface area contributed by atoms with E-state index in [4.69, 9.17) is 0 Å². The van der Waals surface area contributed by atoms with Gasteiger partial charge in [-0.2, -0.15) is 0 Å². The molecule has 1 aromatic carbocycles. The average molecular weight is 375 g/mol. The zero-order valence-electron chi connectivity index (χ0n) is 17.3. The lowest BCUT2D eigenvalue weighted by molar-refractivity contribution is -0.138. The maximum absolute atomic E-state index is 12.6. The van der Waals surface area contributed by atoms with Gasteiger partial charge in [0.05, 0.1) is 0 Å². The van der Waals surface area contributed by atoms with Gasteiger partial charge < -0.3 is 20.4 Å². The van der Waals surface area contributed by atoms with E-state index in [9.17, 15) is 9.59 Å². The van der Waals surface area contributed by atoms with Crippen molar-refractivity contribution < 1.29 is 9.59 Å². The van der Waals surface area contributed by atoms with Crippen LogP contribution in [0.25, 0.3) is 0 Å². The summed E-state index contributed by atoms with van der Waals surface area (Å²) in [6, 6.07) is 7.85. The van der Waals surface area contributed by atoms with Crippen LogP contribution in [-0.4, -0.2) is 56.5 Å². The van der Waals surface area contributed by atoms with E-state index in [2.05, 4.69) is 41.3 Å². The predicted octanol–water partition coefficient (Wildman–Crippen LogP) is 2.57. The van der Waals surface area contributed by atoms with Gasteiger partial charge >= 0.3 is 0 Å². The molecule has 0 saturated carbocycles. The summed E-state index contributed by atoms with van der Waals surface area (Å²) in [5.74, 6) is -0.0207. The molecule has 6 heteroatoms. The summed E-state index contributed by atoms with van der Waals surface area (Å²) < 4.78 is 0. The summed E-state index contributed by atoms with van der Waals surface area (Å²) in [4.78, 5) is 29.7. The quantitative estimate of drug-likeness (QED) is 0.720. The highest BCUT2D eigenvalue weighted by Crippen LogP contribution is 2.22. The van der Waals surface area contributed by atoms with Crippen molar-refractivity contribution in [1.82, 2.24) is 10.2 Å². The number of benzene rings is 1. The van der Waals surface area contributed by atoms with E-state index in [-0.39, 0.29) is 11.8 Å². The topological polar surface area (TPSA) is 64.7 Å². The number of amides is 2. The van der Waals surface area contributed by atoms with Crippen molar-refractivity contribution in [2.24, 2.45) is 11.3 Å². The zero-order chi connectivity index (χ0) is 20.0. The monoisotopic (exact) mass is 374 g/mol. The molecule has 6 nitrogen and oxygen atoms in total. The van der Waals surface area contributed by atoms with Crippen molar-refractivity contribution in [2.75, 3.05) is 50.0 Å². The third kappa shape index (κ3) is 5.96. The first-order valence-electron chi connectivity index (χ1n) is 9.83. The van der Waals surface area contributed by atoms with Crippen LogP contribution in [-0.2, 0) is 9.59 Å². The van der Waals surface area contributed by atoms with Crippen LogP contribution in [0.2, 0.25) is 0 Å². The van der Waals surface area contributed by atoms with E-state index in [1.54, 1.807) is 13.8 Å². The molecule has 27 heavy (non-hydrogen) atoms. The van der Waals surface area contributed by atoms with Gasteiger partial charge in [-0.1, -0.05) is 13.8 Å². The number of nitrogens with zero attached hydrogens (tertiary/aromatic N) is 2. The minimum Gasteiger partial charge on any atom is -0.369 e. The fraction of sp³-hybridized carbons (Fsp3) is 0.619. The normalized spacial score (nSPS) is 15.7. The van der Waals surface area contributed by atoms with Crippen LogP contribution in [0.5, 0.6) is 0 Å². The average Bonchev–Trinajstić information content (AvgIpc) is 2.62. The molecule has 0 radical (unpaired) electrons. The molecule has 2 N–H and O–H groups in total. The molecule has 1 aliphatic rings. The number of carbonyl (C=O) groups excluding carboxylic acids is 2. The van der Waals surface area contributed by atoms with Gasteiger partial charge in [0, 0.05) is 44.1 Å². The van der Waals surface area contributed by atoms with Gasteiger partial charge in [0.25, 0.3) is 0 Å². The number of likely N-dealkylation sites (N-methyl/N-ethyl adjacent to an activating group) is 1. The van der Waals surface area contributed by atoms with Gasteiger partial charge in [0.15, 0.2) is 0 Å². The Bertz CT molecular complexity index is 632. The highest BCUT2D eigenvalue weighted by Gasteiger charge is 2.35. The molecule has 2 rings (SSSR count). The standard InChI is InChI=1S/C21H34N4O2/c1-16(2)10-11-22-19(26)21(3,4)20(27)23-17-6-8-18(9-7-17)25-14-12-24(5)13-15-25/h6-9,16H,10-15H2,1-5H3,(H,22,26)(H,23,27). The number of nitrogens with one attached hydrogen (secondary N) is 2. The second-order valence-corrected chi connectivity index (χ2v) is 8.35. The number of piperazine rings is 1. The molecule has 0 atom stereocenters. The van der Waals surface area contributed by atoms with Gasteiger partial charge in [-0.05, 0) is 57.5 Å². The SMILES string of the molecule is CC(C)CCNC(=O)C(C)(C)C(=O)Nc1ccc(N2CCN(C)CC2)cc1. The Labute approximate surface area is 163 Å². The maximum Gasteiger partial charge on any atom is 0.239 e. The van der Waals surface area contributed by atoms with Gasteiger partial charge in [0.1, 0.15) is 5.41 Å². The number of anilines is 2. The Balaban J connectivity index is 1.91. The van der Waals surface area contributed by atoms with Crippen molar-refractivity contribution in [3.63, 3.8) is 0 Å². The lowest BCUT2D eigenvalue weighted by Gasteiger charge is -2.34. The van der Waals surface area contributed by atoms with Gasteiger partial charge in [0.2, 0.25) is 11.8 Å². The molecule has 0 bridgehead atoms. The molecule has 0 unspecified atom stereocenters. The van der Waals surface area contributed by atoms with Crippen LogP contribution in [0.4, 0.5) is 11.4 Å². The van der Waals surface area contributed by atoms with Crippen LogP contribution in [0, 0.1) is 11.3 Å². The van der Waals surface area contributed by atoms with Crippen molar-refractivity contribution >= 4 is 23.2 Å². The predicted molar refractivity (Wildman–Crippen MR) is 111 cm³/mol. The third-order valence-corrected chi connectivity index (χ3v) is 5.14. The Morgan fingerprint density at radius 1 is 1.04 bits per heavy atom. The molecule has 2 amide bonds. The molecule has 0 aromatic heterocycles. The number of rotatable bonds is 7. The summed E-state index contributed by atoms with van der Waals surface area (Å²) in [6.45, 7) is 12.2. The van der Waals surface area contributed by atoms with E-state index in [0.717, 1.165) is 38.3 Å². The van der Waals surface area contributed by atoms with Crippen LogP contribution in [0.3, 0.4) is 0 Å². The molecule has 1 saturated heterocycles. The molecule has 1 aromatic rings.